The third-order valence-electron chi connectivity index (χ3n) is 4.86. The van der Waals surface area contributed by atoms with Gasteiger partial charge in [-0.1, -0.05) is 19.1 Å². The molecule has 2 aromatic rings. The fraction of sp³-hybridized carbons (Fsp3) is 0.381. The lowest BCUT2D eigenvalue weighted by atomic mass is 10.1. The summed E-state index contributed by atoms with van der Waals surface area (Å²) in [6.45, 7) is 7.62. The number of nitrogens with one attached hydrogen (secondary N) is 2. The number of carbonyl (C=O) groups is 3. The molecule has 0 fully saturated rings. The number of amides is 2. The number of carbonyl (C=O) groups excluding carboxylic acids is 3. The number of para-hydroxylation sites is 2. The minimum absolute atomic E-state index is 0.0931. The first-order valence-electron chi connectivity index (χ1n) is 9.40. The number of ketones is 1. The highest BCUT2D eigenvalue weighted by atomic mass is 16.5. The Kier molecular flexibility index (Phi) is 5.53. The molecule has 0 aliphatic carbocycles. The third-order valence-corrected chi connectivity index (χ3v) is 4.86. The van der Waals surface area contributed by atoms with Gasteiger partial charge in [-0.3, -0.25) is 19.3 Å². The lowest BCUT2D eigenvalue weighted by Crippen LogP contribution is -2.51. The van der Waals surface area contributed by atoms with E-state index in [1.807, 2.05) is 13.0 Å². The zero-order chi connectivity index (χ0) is 20.4. The maximum absolute atomic E-state index is 13.3. The van der Waals surface area contributed by atoms with Crippen molar-refractivity contribution in [2.45, 2.75) is 40.2 Å². The van der Waals surface area contributed by atoms with Crippen LogP contribution >= 0.6 is 0 Å². The molecule has 2 N–H and O–H groups in total. The summed E-state index contributed by atoms with van der Waals surface area (Å²) in [5, 5.41) is 2.82. The summed E-state index contributed by atoms with van der Waals surface area (Å²) in [7, 11) is 0. The smallest absolute Gasteiger partial charge is 0.275 e. The second-order valence-electron chi connectivity index (χ2n) is 6.96. The standard InChI is InChI=1S/C21H25N3O4/c1-5-10-22-20(26)17-11-24(15-8-6-7-9-16(15)28-17)21(27)19-12(2)18(14(4)25)13(3)23-19/h6-9,17,23H,5,10-11H2,1-4H3,(H,22,26)/t17-/m1/s1. The van der Waals surface area contributed by atoms with Crippen LogP contribution in [0.25, 0.3) is 0 Å². The normalized spacial score (nSPS) is 15.6. The van der Waals surface area contributed by atoms with Crippen molar-refractivity contribution in [3.8, 4) is 5.75 Å². The van der Waals surface area contributed by atoms with Gasteiger partial charge in [0.1, 0.15) is 11.4 Å². The molecule has 2 amide bonds. The molecule has 7 nitrogen and oxygen atoms in total. The van der Waals surface area contributed by atoms with Crippen molar-refractivity contribution in [3.63, 3.8) is 0 Å². The molecule has 0 spiro atoms. The fourth-order valence-corrected chi connectivity index (χ4v) is 3.55. The zero-order valence-electron chi connectivity index (χ0n) is 16.6. The predicted octanol–water partition coefficient (Wildman–Crippen LogP) is 2.77. The van der Waals surface area contributed by atoms with E-state index >= 15 is 0 Å². The van der Waals surface area contributed by atoms with Crippen LogP contribution in [0.4, 0.5) is 5.69 Å². The Morgan fingerprint density at radius 1 is 1.25 bits per heavy atom. The zero-order valence-corrected chi connectivity index (χ0v) is 16.6. The highest BCUT2D eigenvalue weighted by Gasteiger charge is 2.35. The molecule has 7 heteroatoms. The van der Waals surface area contributed by atoms with E-state index in [1.54, 1.807) is 32.0 Å². The molecule has 1 aromatic carbocycles. The van der Waals surface area contributed by atoms with Crippen LogP contribution in [0.3, 0.4) is 0 Å². The number of fused-ring (bicyclic) bond motifs is 1. The molecule has 1 atom stereocenters. The van der Waals surface area contributed by atoms with E-state index < -0.39 is 6.10 Å². The van der Waals surface area contributed by atoms with Gasteiger partial charge in [-0.2, -0.15) is 0 Å². The van der Waals surface area contributed by atoms with E-state index in [9.17, 15) is 14.4 Å². The first-order valence-corrected chi connectivity index (χ1v) is 9.40. The number of H-pyrrole nitrogens is 1. The summed E-state index contributed by atoms with van der Waals surface area (Å²) < 4.78 is 5.83. The van der Waals surface area contributed by atoms with Gasteiger partial charge in [0.25, 0.3) is 11.8 Å². The summed E-state index contributed by atoms with van der Waals surface area (Å²) in [5.74, 6) is -0.161. The molecule has 2 heterocycles. The van der Waals surface area contributed by atoms with Gasteiger partial charge >= 0.3 is 0 Å². The molecule has 3 rings (SSSR count). The molecule has 1 aliphatic rings. The number of hydrogen-bond acceptors (Lipinski definition) is 4. The highest BCUT2D eigenvalue weighted by Crippen LogP contribution is 2.34. The summed E-state index contributed by atoms with van der Waals surface area (Å²) in [6.07, 6.45) is 0.0148. The summed E-state index contributed by atoms with van der Waals surface area (Å²) in [6, 6.07) is 7.13. The van der Waals surface area contributed by atoms with Gasteiger partial charge in [0.2, 0.25) is 0 Å². The molecule has 0 saturated heterocycles. The number of anilines is 1. The van der Waals surface area contributed by atoms with Crippen LogP contribution < -0.4 is 15.0 Å². The molecule has 1 aromatic heterocycles. The van der Waals surface area contributed by atoms with Crippen molar-refractivity contribution in [2.24, 2.45) is 0 Å². The Bertz CT molecular complexity index is 932. The fourth-order valence-electron chi connectivity index (χ4n) is 3.55. The number of hydrogen-bond donors (Lipinski definition) is 2. The predicted molar refractivity (Wildman–Crippen MR) is 106 cm³/mol. The largest absolute Gasteiger partial charge is 0.477 e. The molecule has 0 bridgehead atoms. The van der Waals surface area contributed by atoms with Crippen molar-refractivity contribution < 1.29 is 19.1 Å². The lowest BCUT2D eigenvalue weighted by molar-refractivity contribution is -0.127. The van der Waals surface area contributed by atoms with Crippen molar-refractivity contribution in [2.75, 3.05) is 18.0 Å². The Balaban J connectivity index is 1.97. The minimum Gasteiger partial charge on any atom is -0.477 e. The summed E-state index contributed by atoms with van der Waals surface area (Å²) in [5.41, 5.74) is 2.76. The lowest BCUT2D eigenvalue weighted by Gasteiger charge is -2.34. The number of aryl methyl sites for hydroxylation is 1. The Labute approximate surface area is 164 Å². The number of rotatable bonds is 5. The minimum atomic E-state index is -0.797. The van der Waals surface area contributed by atoms with Gasteiger partial charge in [0.15, 0.2) is 11.9 Å². The van der Waals surface area contributed by atoms with E-state index in [-0.39, 0.29) is 24.1 Å². The Hall–Kier alpha value is -3.09. The number of aromatic amines is 1. The summed E-state index contributed by atoms with van der Waals surface area (Å²) >= 11 is 0. The quantitative estimate of drug-likeness (QED) is 0.777. The van der Waals surface area contributed by atoms with E-state index in [1.165, 1.54) is 11.8 Å². The number of ether oxygens (including phenoxy) is 1. The first kappa shape index (κ1) is 19.7. The van der Waals surface area contributed by atoms with Gasteiger partial charge in [0.05, 0.1) is 12.2 Å². The maximum atomic E-state index is 13.3. The van der Waals surface area contributed by atoms with Gasteiger partial charge in [-0.15, -0.1) is 0 Å². The van der Waals surface area contributed by atoms with Gasteiger partial charge in [-0.05, 0) is 44.9 Å². The Morgan fingerprint density at radius 3 is 2.61 bits per heavy atom. The molecule has 148 valence electrons. The van der Waals surface area contributed by atoms with E-state index in [4.69, 9.17) is 4.74 Å². The highest BCUT2D eigenvalue weighted by molar-refractivity contribution is 6.10. The molecule has 28 heavy (non-hydrogen) atoms. The topological polar surface area (TPSA) is 91.5 Å². The molecular formula is C21H25N3O4. The van der Waals surface area contributed by atoms with Gasteiger partial charge < -0.3 is 15.0 Å². The number of nitrogens with zero attached hydrogens (tertiary/aromatic N) is 1. The summed E-state index contributed by atoms with van der Waals surface area (Å²) in [4.78, 5) is 42.3. The van der Waals surface area contributed by atoms with Crippen LogP contribution in [0, 0.1) is 13.8 Å². The van der Waals surface area contributed by atoms with E-state index in [2.05, 4.69) is 10.3 Å². The van der Waals surface area contributed by atoms with Crippen LogP contribution in [0.2, 0.25) is 0 Å². The average molecular weight is 383 g/mol. The van der Waals surface area contributed by atoms with Crippen molar-refractivity contribution in [1.82, 2.24) is 10.3 Å². The molecule has 0 unspecified atom stereocenters. The maximum Gasteiger partial charge on any atom is 0.275 e. The van der Waals surface area contributed by atoms with Gasteiger partial charge in [0, 0.05) is 17.8 Å². The molecular weight excluding hydrogens is 358 g/mol. The molecule has 0 radical (unpaired) electrons. The van der Waals surface area contributed by atoms with Crippen molar-refractivity contribution in [3.05, 3.63) is 46.8 Å². The first-order chi connectivity index (χ1) is 13.3. The number of Topliss-reactive ketones (excluding diaryl/α,β-unsaturated/α-hetero) is 1. The molecule has 0 saturated carbocycles. The van der Waals surface area contributed by atoms with E-state index in [0.29, 0.717) is 40.5 Å². The van der Waals surface area contributed by atoms with E-state index in [0.717, 1.165) is 6.42 Å². The van der Waals surface area contributed by atoms with Crippen molar-refractivity contribution in [1.29, 1.82) is 0 Å². The number of aromatic nitrogens is 1. The average Bonchev–Trinajstić information content (AvgIpc) is 2.98. The van der Waals surface area contributed by atoms with Crippen molar-refractivity contribution >= 4 is 23.3 Å². The van der Waals surface area contributed by atoms with Crippen LogP contribution in [0.1, 0.15) is 52.4 Å². The van der Waals surface area contributed by atoms with Crippen LogP contribution in [0.15, 0.2) is 24.3 Å². The number of benzene rings is 1. The Morgan fingerprint density at radius 2 is 1.96 bits per heavy atom. The van der Waals surface area contributed by atoms with Crippen LogP contribution in [-0.2, 0) is 4.79 Å². The van der Waals surface area contributed by atoms with Crippen LogP contribution in [-0.4, -0.2) is 41.8 Å². The third kappa shape index (κ3) is 3.52. The van der Waals surface area contributed by atoms with Crippen LogP contribution in [0.5, 0.6) is 5.75 Å². The monoisotopic (exact) mass is 383 g/mol. The second kappa shape index (κ2) is 7.88. The SMILES string of the molecule is CCCNC(=O)[C@H]1CN(C(=O)c2[nH]c(C)c(C(C)=O)c2C)c2ccccc2O1. The second-order valence-corrected chi connectivity index (χ2v) is 6.96. The molecule has 1 aliphatic heterocycles. The van der Waals surface area contributed by atoms with Gasteiger partial charge in [-0.25, -0.2) is 0 Å².